The largest absolute Gasteiger partial charge is 0.466 e. The minimum Gasteiger partial charge on any atom is -0.466 e. The van der Waals surface area contributed by atoms with Crippen molar-refractivity contribution in [2.75, 3.05) is 18.1 Å². The Morgan fingerprint density at radius 2 is 1.70 bits per heavy atom. The van der Waals surface area contributed by atoms with Crippen molar-refractivity contribution < 1.29 is 32.2 Å². The highest BCUT2D eigenvalue weighted by Crippen LogP contribution is 2.44. The van der Waals surface area contributed by atoms with E-state index in [9.17, 15) is 22.8 Å². The van der Waals surface area contributed by atoms with Crippen LogP contribution in [0.3, 0.4) is 0 Å². The zero-order chi connectivity index (χ0) is 27.0. The van der Waals surface area contributed by atoms with Crippen LogP contribution in [0.4, 0.5) is 18.9 Å². The molecule has 0 aromatic heterocycles. The lowest BCUT2D eigenvalue weighted by Gasteiger charge is -2.31. The predicted molar refractivity (Wildman–Crippen MR) is 135 cm³/mol. The monoisotopic (exact) mass is 513 g/mol. The summed E-state index contributed by atoms with van der Waals surface area (Å²) < 4.78 is 52.9. The number of anilines is 1. The maximum absolute atomic E-state index is 13.8. The average Bonchev–Trinajstić information content (AvgIpc) is 2.93. The molecule has 2 atom stereocenters. The van der Waals surface area contributed by atoms with Gasteiger partial charge in [0.2, 0.25) is 0 Å². The van der Waals surface area contributed by atoms with Crippen molar-refractivity contribution in [2.24, 2.45) is 5.41 Å². The van der Waals surface area contributed by atoms with Crippen LogP contribution in [-0.2, 0) is 25.2 Å². The van der Waals surface area contributed by atoms with E-state index in [1.165, 1.54) is 11.0 Å². The van der Waals surface area contributed by atoms with Crippen molar-refractivity contribution in [2.45, 2.75) is 52.5 Å². The van der Waals surface area contributed by atoms with E-state index in [4.69, 9.17) is 9.47 Å². The van der Waals surface area contributed by atoms with Gasteiger partial charge in [-0.25, -0.2) is 0 Å². The smallest absolute Gasteiger partial charge is 0.416 e. The molecule has 0 unspecified atom stereocenters. The fourth-order valence-electron chi connectivity index (χ4n) is 4.64. The minimum absolute atomic E-state index is 0.132. The number of halogens is 3. The molecule has 196 valence electrons. The Morgan fingerprint density at radius 1 is 1.00 bits per heavy atom. The summed E-state index contributed by atoms with van der Waals surface area (Å²) in [5.74, 6) is -1.11. The van der Waals surface area contributed by atoms with Gasteiger partial charge in [0, 0.05) is 17.8 Å². The predicted octanol–water partition coefficient (Wildman–Crippen LogP) is 6.68. The highest BCUT2D eigenvalue weighted by Gasteiger charge is 2.41. The summed E-state index contributed by atoms with van der Waals surface area (Å²) in [6.45, 7) is 7.80. The fourth-order valence-corrected chi connectivity index (χ4v) is 4.64. The number of amides is 1. The van der Waals surface area contributed by atoms with Crippen LogP contribution < -0.4 is 4.90 Å². The van der Waals surface area contributed by atoms with Gasteiger partial charge in [-0.15, -0.1) is 0 Å². The summed E-state index contributed by atoms with van der Waals surface area (Å²) in [6.07, 6.45) is -7.22. The molecule has 1 amide bonds. The first-order valence-corrected chi connectivity index (χ1v) is 12.2. The Labute approximate surface area is 214 Å². The third kappa shape index (κ3) is 5.80. The van der Waals surface area contributed by atoms with E-state index in [-0.39, 0.29) is 30.6 Å². The second-order valence-corrected chi connectivity index (χ2v) is 10.3. The van der Waals surface area contributed by atoms with Crippen LogP contribution in [0, 0.1) is 5.41 Å². The Balaban J connectivity index is 1.97. The normalized spacial score (nSPS) is 18.5. The molecule has 1 aliphatic rings. The molecule has 0 radical (unpaired) electrons. The van der Waals surface area contributed by atoms with Gasteiger partial charge < -0.3 is 14.4 Å². The lowest BCUT2D eigenvalue weighted by molar-refractivity contribution is -0.151. The third-order valence-corrected chi connectivity index (χ3v) is 6.17. The first-order valence-electron chi connectivity index (χ1n) is 12.2. The zero-order valence-corrected chi connectivity index (χ0v) is 21.3. The Morgan fingerprint density at radius 3 is 2.38 bits per heavy atom. The van der Waals surface area contributed by atoms with E-state index in [1.54, 1.807) is 19.1 Å². The molecule has 4 rings (SSSR count). The molecule has 5 nitrogen and oxygen atoms in total. The number of benzene rings is 3. The van der Waals surface area contributed by atoms with Crippen molar-refractivity contribution in [3.63, 3.8) is 0 Å². The number of rotatable bonds is 5. The van der Waals surface area contributed by atoms with E-state index >= 15 is 0 Å². The molecular weight excluding hydrogens is 483 g/mol. The van der Waals surface area contributed by atoms with E-state index < -0.39 is 35.8 Å². The molecule has 0 spiro atoms. The van der Waals surface area contributed by atoms with Gasteiger partial charge >= 0.3 is 12.1 Å². The SMILES string of the molecule is CCOC(=O)C[C@H]1O[C@H](c2cccc3ccccc23)c2cc(C(F)(F)F)ccc2N(CC(C)(C)C)C1=O. The number of carbonyl (C=O) groups excluding carboxylic acids is 2. The van der Waals surface area contributed by atoms with Crippen LogP contribution >= 0.6 is 0 Å². The molecule has 8 heteroatoms. The lowest BCUT2D eigenvalue weighted by Crippen LogP contribution is -2.44. The Bertz CT molecular complexity index is 1310. The van der Waals surface area contributed by atoms with Crippen molar-refractivity contribution in [3.05, 3.63) is 77.4 Å². The number of alkyl halides is 3. The topological polar surface area (TPSA) is 55.8 Å². The van der Waals surface area contributed by atoms with Crippen molar-refractivity contribution >= 4 is 28.3 Å². The minimum atomic E-state index is -4.59. The molecule has 3 aromatic carbocycles. The van der Waals surface area contributed by atoms with Crippen molar-refractivity contribution in [3.8, 4) is 0 Å². The van der Waals surface area contributed by atoms with Crippen LogP contribution in [0.25, 0.3) is 10.8 Å². The standard InChI is InChI=1S/C29H30F3NO4/c1-5-36-25(34)16-24-27(35)33(17-28(2,3)4)23-14-13-19(29(30,31)32)15-22(23)26(37-24)21-12-8-10-18-9-6-7-11-20(18)21/h6-15,24,26H,5,16-17H2,1-4H3/t24-,26-/m1/s1. The van der Waals surface area contributed by atoms with Gasteiger partial charge in [-0.05, 0) is 46.9 Å². The highest BCUT2D eigenvalue weighted by molar-refractivity contribution is 6.00. The molecule has 3 aromatic rings. The van der Waals surface area contributed by atoms with Gasteiger partial charge in [0.05, 0.1) is 18.6 Å². The summed E-state index contributed by atoms with van der Waals surface area (Å²) in [6, 6.07) is 16.3. The number of fused-ring (bicyclic) bond motifs is 2. The molecule has 0 saturated heterocycles. The maximum atomic E-state index is 13.8. The number of hydrogen-bond donors (Lipinski definition) is 0. The van der Waals surface area contributed by atoms with Gasteiger partial charge in [0.1, 0.15) is 12.2 Å². The average molecular weight is 514 g/mol. The Kier molecular flexibility index (Phi) is 7.33. The molecule has 0 aliphatic carbocycles. The number of ether oxygens (including phenoxy) is 2. The lowest BCUT2D eigenvalue weighted by atomic mass is 9.92. The van der Waals surface area contributed by atoms with Crippen molar-refractivity contribution in [1.29, 1.82) is 0 Å². The summed E-state index contributed by atoms with van der Waals surface area (Å²) in [7, 11) is 0. The number of hydrogen-bond acceptors (Lipinski definition) is 4. The first-order chi connectivity index (χ1) is 17.4. The van der Waals surface area contributed by atoms with Gasteiger partial charge in [0.25, 0.3) is 5.91 Å². The van der Waals surface area contributed by atoms with E-state index in [2.05, 4.69) is 0 Å². The molecule has 0 saturated carbocycles. The van der Waals surface area contributed by atoms with Gasteiger partial charge in [-0.1, -0.05) is 63.2 Å². The van der Waals surface area contributed by atoms with Crippen LogP contribution in [0.2, 0.25) is 0 Å². The molecule has 0 bridgehead atoms. The highest BCUT2D eigenvalue weighted by atomic mass is 19.4. The second-order valence-electron chi connectivity index (χ2n) is 10.3. The number of nitrogens with zero attached hydrogens (tertiary/aromatic N) is 1. The van der Waals surface area contributed by atoms with Crippen molar-refractivity contribution in [1.82, 2.24) is 0 Å². The second kappa shape index (κ2) is 10.2. The molecule has 0 N–H and O–H groups in total. The van der Waals surface area contributed by atoms with E-state index in [0.29, 0.717) is 11.3 Å². The maximum Gasteiger partial charge on any atom is 0.416 e. The third-order valence-electron chi connectivity index (χ3n) is 6.17. The molecule has 0 fully saturated rings. The zero-order valence-electron chi connectivity index (χ0n) is 21.3. The molecule has 1 heterocycles. The molecule has 37 heavy (non-hydrogen) atoms. The van der Waals surface area contributed by atoms with Gasteiger partial charge in [0.15, 0.2) is 0 Å². The van der Waals surface area contributed by atoms with Crippen LogP contribution in [0.15, 0.2) is 60.7 Å². The molecule has 1 aliphatic heterocycles. The summed E-state index contributed by atoms with van der Waals surface area (Å²) >= 11 is 0. The van der Waals surface area contributed by atoms with Crippen LogP contribution in [-0.4, -0.2) is 31.1 Å². The van der Waals surface area contributed by atoms with E-state index in [0.717, 1.165) is 22.9 Å². The summed E-state index contributed by atoms with van der Waals surface area (Å²) in [4.78, 5) is 27.7. The van der Waals surface area contributed by atoms with Crippen LogP contribution in [0.5, 0.6) is 0 Å². The fraction of sp³-hybridized carbons (Fsp3) is 0.379. The Hall–Kier alpha value is -3.39. The van der Waals surface area contributed by atoms with E-state index in [1.807, 2.05) is 51.1 Å². The first kappa shape index (κ1) is 26.7. The number of carbonyl (C=O) groups is 2. The molecular formula is C29H30F3NO4. The number of esters is 1. The van der Waals surface area contributed by atoms with Gasteiger partial charge in [-0.3, -0.25) is 9.59 Å². The summed E-state index contributed by atoms with van der Waals surface area (Å²) in [5, 5.41) is 1.66. The van der Waals surface area contributed by atoms with Gasteiger partial charge in [-0.2, -0.15) is 13.2 Å². The quantitative estimate of drug-likeness (QED) is 0.357. The summed E-state index contributed by atoms with van der Waals surface area (Å²) in [5.41, 5.74) is -0.0685. The van der Waals surface area contributed by atoms with Crippen LogP contribution in [0.1, 0.15) is 56.9 Å².